The van der Waals surface area contributed by atoms with Gasteiger partial charge in [0.2, 0.25) is 0 Å². The number of rotatable bonds is 2. The van der Waals surface area contributed by atoms with Gasteiger partial charge in [-0.15, -0.1) is 0 Å². The minimum atomic E-state index is -4.69. The summed E-state index contributed by atoms with van der Waals surface area (Å²) in [6, 6.07) is 2.51. The highest BCUT2D eigenvalue weighted by atomic mass is 35.5. The fourth-order valence-electron chi connectivity index (χ4n) is 0.927. The zero-order chi connectivity index (χ0) is 12.3. The first-order chi connectivity index (χ1) is 7.32. The molecule has 1 amide bonds. The number of carbonyl (C=O) groups is 1. The highest BCUT2D eigenvalue weighted by molar-refractivity contribution is 7.98. The maximum absolute atomic E-state index is 13.1. The monoisotopic (exact) mass is 273 g/mol. The topological polar surface area (TPSA) is 29.1 Å². The van der Waals surface area contributed by atoms with Crippen LogP contribution in [0.1, 0.15) is 5.56 Å². The van der Waals surface area contributed by atoms with E-state index in [2.05, 4.69) is 0 Å². The van der Waals surface area contributed by atoms with E-state index in [-0.39, 0.29) is 11.9 Å². The Morgan fingerprint density at radius 1 is 1.38 bits per heavy atom. The van der Waals surface area contributed by atoms with Crippen LogP contribution in [0.2, 0.25) is 0 Å². The minimum Gasteiger partial charge on any atom is -0.282 e. The molecule has 0 unspecified atom stereocenters. The van der Waals surface area contributed by atoms with Crippen LogP contribution in [0.4, 0.5) is 22.4 Å². The number of benzene rings is 1. The zero-order valence-corrected chi connectivity index (χ0v) is 9.01. The molecule has 0 radical (unpaired) electrons. The molecule has 8 heteroatoms. The number of amides is 1. The van der Waals surface area contributed by atoms with Gasteiger partial charge < -0.3 is 0 Å². The molecule has 0 bridgehead atoms. The number of hydrogen-bond acceptors (Lipinski definition) is 2. The molecule has 0 aromatic heterocycles. The van der Waals surface area contributed by atoms with Crippen LogP contribution < -0.4 is 4.72 Å². The van der Waals surface area contributed by atoms with Gasteiger partial charge in [-0.1, -0.05) is 6.07 Å². The first-order valence-electron chi connectivity index (χ1n) is 3.80. The van der Waals surface area contributed by atoms with Crippen LogP contribution in [0.3, 0.4) is 0 Å². The Morgan fingerprint density at radius 3 is 2.50 bits per heavy atom. The van der Waals surface area contributed by atoms with E-state index >= 15 is 0 Å². The van der Waals surface area contributed by atoms with Gasteiger partial charge in [0.05, 0.1) is 10.5 Å². The van der Waals surface area contributed by atoms with Crippen LogP contribution in [0.15, 0.2) is 23.1 Å². The van der Waals surface area contributed by atoms with Crippen molar-refractivity contribution in [3.63, 3.8) is 0 Å². The lowest BCUT2D eigenvalue weighted by Gasteiger charge is -2.12. The lowest BCUT2D eigenvalue weighted by Crippen LogP contribution is -2.12. The van der Waals surface area contributed by atoms with Crippen molar-refractivity contribution >= 4 is 28.9 Å². The molecule has 0 saturated heterocycles. The molecule has 1 N–H and O–H groups in total. The summed E-state index contributed by atoms with van der Waals surface area (Å²) in [5.41, 5.74) is -1.16. The van der Waals surface area contributed by atoms with Gasteiger partial charge in [0.25, 0.3) is 0 Å². The molecular formula is C8H4ClF4NOS. The van der Waals surface area contributed by atoms with Crippen LogP contribution in [0.25, 0.3) is 0 Å². The molecule has 0 spiro atoms. The van der Waals surface area contributed by atoms with Crippen molar-refractivity contribution < 1.29 is 22.4 Å². The quantitative estimate of drug-likeness (QED) is 0.384. The average Bonchev–Trinajstić information content (AvgIpc) is 2.13. The second-order valence-electron chi connectivity index (χ2n) is 2.59. The third-order valence-corrected chi connectivity index (χ3v) is 2.62. The van der Waals surface area contributed by atoms with E-state index in [0.29, 0.717) is 6.07 Å². The molecule has 0 heterocycles. The normalized spacial score (nSPS) is 11.3. The standard InChI is InChI=1S/C8H4ClF4NOS/c9-7(15)14-16-6-4(8(11,12)13)2-1-3-5(6)10/h1-3H,(H,14,15). The van der Waals surface area contributed by atoms with Crippen molar-refractivity contribution in [1.82, 2.24) is 4.72 Å². The maximum Gasteiger partial charge on any atom is 0.417 e. The summed E-state index contributed by atoms with van der Waals surface area (Å²) in [5.74, 6) is -1.08. The van der Waals surface area contributed by atoms with Crippen molar-refractivity contribution in [2.45, 2.75) is 11.1 Å². The number of nitrogens with one attached hydrogen (secondary N) is 1. The molecule has 0 aliphatic carbocycles. The van der Waals surface area contributed by atoms with Gasteiger partial charge >= 0.3 is 11.5 Å². The Labute approximate surface area is 97.1 Å². The van der Waals surface area contributed by atoms with Gasteiger partial charge in [-0.25, -0.2) is 4.39 Å². The third kappa shape index (κ3) is 3.28. The van der Waals surface area contributed by atoms with E-state index in [0.717, 1.165) is 12.1 Å². The molecule has 1 aromatic carbocycles. The third-order valence-electron chi connectivity index (χ3n) is 1.51. The highest BCUT2D eigenvalue weighted by Crippen LogP contribution is 2.37. The average molecular weight is 274 g/mol. The molecule has 1 rings (SSSR count). The van der Waals surface area contributed by atoms with Gasteiger partial charge in [-0.2, -0.15) is 13.2 Å². The summed E-state index contributed by atoms with van der Waals surface area (Å²) < 4.78 is 52.2. The van der Waals surface area contributed by atoms with E-state index in [9.17, 15) is 22.4 Å². The molecule has 1 aromatic rings. The second-order valence-corrected chi connectivity index (χ2v) is 3.75. The van der Waals surface area contributed by atoms with E-state index in [1.165, 1.54) is 0 Å². The smallest absolute Gasteiger partial charge is 0.282 e. The Morgan fingerprint density at radius 2 is 2.00 bits per heavy atom. The van der Waals surface area contributed by atoms with Crippen molar-refractivity contribution in [3.05, 3.63) is 29.6 Å². The summed E-state index contributed by atoms with van der Waals surface area (Å²) in [7, 11) is 0. The molecule has 0 aliphatic heterocycles. The Hall–Kier alpha value is -0.950. The molecular weight excluding hydrogens is 270 g/mol. The van der Waals surface area contributed by atoms with Crippen molar-refractivity contribution in [2.75, 3.05) is 0 Å². The first kappa shape index (κ1) is 13.1. The SMILES string of the molecule is O=C(Cl)NSc1c(F)cccc1C(F)(F)F. The lowest BCUT2D eigenvalue weighted by atomic mass is 10.2. The summed E-state index contributed by atoms with van der Waals surface area (Å²) in [5, 5.41) is -1.08. The molecule has 0 atom stereocenters. The van der Waals surface area contributed by atoms with E-state index in [4.69, 9.17) is 11.6 Å². The van der Waals surface area contributed by atoms with E-state index in [1.54, 1.807) is 0 Å². The largest absolute Gasteiger partial charge is 0.417 e. The maximum atomic E-state index is 13.1. The van der Waals surface area contributed by atoms with Crippen molar-refractivity contribution in [1.29, 1.82) is 0 Å². The van der Waals surface area contributed by atoms with Gasteiger partial charge in [-0.05, 0) is 35.7 Å². The Bertz CT molecular complexity index is 410. The van der Waals surface area contributed by atoms with Gasteiger partial charge in [0.1, 0.15) is 5.82 Å². The summed E-state index contributed by atoms with van der Waals surface area (Å²) in [4.78, 5) is 9.60. The number of hydrogen-bond donors (Lipinski definition) is 1. The predicted molar refractivity (Wildman–Crippen MR) is 51.6 cm³/mol. The van der Waals surface area contributed by atoms with Crippen molar-refractivity contribution in [2.24, 2.45) is 0 Å². The van der Waals surface area contributed by atoms with Gasteiger partial charge in [0, 0.05) is 0 Å². The van der Waals surface area contributed by atoms with Gasteiger partial charge in [-0.3, -0.25) is 9.52 Å². The summed E-state index contributed by atoms with van der Waals surface area (Å²) >= 11 is 5.05. The zero-order valence-electron chi connectivity index (χ0n) is 7.44. The highest BCUT2D eigenvalue weighted by Gasteiger charge is 2.34. The first-order valence-corrected chi connectivity index (χ1v) is 5.00. The van der Waals surface area contributed by atoms with Crippen molar-refractivity contribution in [3.8, 4) is 0 Å². The summed E-state index contributed by atoms with van der Waals surface area (Å²) in [6.07, 6.45) is -4.69. The number of alkyl halides is 3. The Balaban J connectivity index is 3.09. The van der Waals surface area contributed by atoms with Crippen LogP contribution in [0.5, 0.6) is 0 Å². The molecule has 2 nitrogen and oxygen atoms in total. The fraction of sp³-hybridized carbons (Fsp3) is 0.125. The number of halogens is 5. The summed E-state index contributed by atoms with van der Waals surface area (Å²) in [6.45, 7) is 0. The molecule has 0 saturated carbocycles. The molecule has 16 heavy (non-hydrogen) atoms. The molecule has 0 aliphatic rings. The van der Waals surface area contributed by atoms with Gasteiger partial charge in [0.15, 0.2) is 0 Å². The fourth-order valence-corrected chi connectivity index (χ4v) is 1.68. The minimum absolute atomic E-state index is 0.182. The lowest BCUT2D eigenvalue weighted by molar-refractivity contribution is -0.140. The van der Waals surface area contributed by atoms with Crippen LogP contribution in [0, 0.1) is 5.82 Å². The number of carbonyl (C=O) groups excluding carboxylic acids is 1. The van der Waals surface area contributed by atoms with Crippen LogP contribution >= 0.6 is 23.5 Å². The van der Waals surface area contributed by atoms with E-state index < -0.39 is 27.8 Å². The van der Waals surface area contributed by atoms with Crippen LogP contribution in [-0.2, 0) is 6.18 Å². The Kier molecular flexibility index (Phi) is 4.03. The molecule has 0 fully saturated rings. The van der Waals surface area contributed by atoms with E-state index in [1.807, 2.05) is 4.72 Å². The van der Waals surface area contributed by atoms with Crippen LogP contribution in [-0.4, -0.2) is 5.37 Å². The molecule has 88 valence electrons. The predicted octanol–water partition coefficient (Wildman–Crippen LogP) is 3.80. The second kappa shape index (κ2) is 4.92.